The van der Waals surface area contributed by atoms with E-state index in [0.717, 1.165) is 47.9 Å². The molecule has 0 spiro atoms. The molecule has 2 aliphatic rings. The van der Waals surface area contributed by atoms with Gasteiger partial charge in [0.2, 0.25) is 5.91 Å². The molecule has 1 saturated carbocycles. The molecule has 176 valence electrons. The smallest absolute Gasteiger partial charge is 0.239 e. The molecule has 5 N–H and O–H groups in total. The lowest BCUT2D eigenvalue weighted by atomic mass is 9.89. The Bertz CT molecular complexity index is 1100. The minimum absolute atomic E-state index is 0.00887. The molecule has 1 aliphatic heterocycles. The van der Waals surface area contributed by atoms with Crippen LogP contribution in [0, 0.1) is 5.92 Å². The fourth-order valence-electron chi connectivity index (χ4n) is 4.94. The third kappa shape index (κ3) is 4.83. The third-order valence-electron chi connectivity index (χ3n) is 7.22. The second-order valence-corrected chi connectivity index (χ2v) is 9.62. The van der Waals surface area contributed by atoms with Crippen molar-refractivity contribution in [2.75, 3.05) is 13.1 Å². The summed E-state index contributed by atoms with van der Waals surface area (Å²) in [7, 11) is 0. The minimum Gasteiger partial charge on any atom is -0.373 e. The first-order valence-electron chi connectivity index (χ1n) is 12.0. The predicted molar refractivity (Wildman–Crippen MR) is 125 cm³/mol. The maximum Gasteiger partial charge on any atom is 0.239 e. The second-order valence-electron chi connectivity index (χ2n) is 9.62. The minimum atomic E-state index is -0.847. The number of rotatable bonds is 8. The Morgan fingerprint density at radius 1 is 1.30 bits per heavy atom. The normalized spacial score (nSPS) is 20.2. The topological polar surface area (TPSA) is 120 Å². The molecule has 2 aromatic heterocycles. The third-order valence-corrected chi connectivity index (χ3v) is 7.22. The summed E-state index contributed by atoms with van der Waals surface area (Å²) in [6.45, 7) is 3.45. The van der Waals surface area contributed by atoms with Crippen LogP contribution in [-0.2, 0) is 11.2 Å². The van der Waals surface area contributed by atoms with Crippen LogP contribution in [-0.4, -0.2) is 51.2 Å². The second kappa shape index (κ2) is 9.29. The van der Waals surface area contributed by atoms with Crippen molar-refractivity contribution in [2.45, 2.75) is 63.3 Å². The standard InChI is InChI=1S/C25H33N5O3/c1-15(28-24(31)22-13-23(33-29-22)17-6-7-17)16-8-10-30(11-9-16)25(32)20(26)12-18-14-27-21-5-3-2-4-19(18)21/h2-5,13-17,20,24,27-28,31H,6-12,26H2,1H3/t15?,20-,24?/m0/s1. The van der Waals surface area contributed by atoms with E-state index in [9.17, 15) is 9.90 Å². The Labute approximate surface area is 193 Å². The number of aromatic amines is 1. The van der Waals surface area contributed by atoms with Crippen molar-refractivity contribution in [1.82, 2.24) is 20.4 Å². The van der Waals surface area contributed by atoms with Crippen LogP contribution in [0.3, 0.4) is 0 Å². The van der Waals surface area contributed by atoms with Crippen molar-refractivity contribution in [2.24, 2.45) is 11.7 Å². The maximum absolute atomic E-state index is 13.0. The van der Waals surface area contributed by atoms with Gasteiger partial charge >= 0.3 is 0 Å². The van der Waals surface area contributed by atoms with E-state index in [1.54, 1.807) is 0 Å². The number of H-pyrrole nitrogens is 1. The molecule has 3 atom stereocenters. The number of nitrogens with two attached hydrogens (primary N) is 1. The number of aromatic nitrogens is 2. The number of hydrogen-bond acceptors (Lipinski definition) is 6. The van der Waals surface area contributed by atoms with Crippen LogP contribution < -0.4 is 11.1 Å². The van der Waals surface area contributed by atoms with Gasteiger partial charge in [0, 0.05) is 48.2 Å². The van der Waals surface area contributed by atoms with Gasteiger partial charge in [-0.1, -0.05) is 23.4 Å². The number of fused-ring (bicyclic) bond motifs is 1. The Balaban J connectivity index is 1.11. The van der Waals surface area contributed by atoms with Crippen molar-refractivity contribution in [1.29, 1.82) is 0 Å². The van der Waals surface area contributed by atoms with Crippen molar-refractivity contribution >= 4 is 16.8 Å². The summed E-state index contributed by atoms with van der Waals surface area (Å²) in [6, 6.07) is 9.47. The summed E-state index contributed by atoms with van der Waals surface area (Å²) in [5.41, 5.74) is 8.99. The largest absolute Gasteiger partial charge is 0.373 e. The van der Waals surface area contributed by atoms with Crippen LogP contribution in [0.5, 0.6) is 0 Å². The Morgan fingerprint density at radius 2 is 2.06 bits per heavy atom. The van der Waals surface area contributed by atoms with Crippen LogP contribution in [0.25, 0.3) is 10.9 Å². The lowest BCUT2D eigenvalue weighted by Gasteiger charge is -2.36. The van der Waals surface area contributed by atoms with Crippen molar-refractivity contribution in [3.8, 4) is 0 Å². The van der Waals surface area contributed by atoms with Crippen LogP contribution in [0.15, 0.2) is 41.1 Å². The molecule has 5 rings (SSSR count). The van der Waals surface area contributed by atoms with Crippen molar-refractivity contribution in [3.05, 3.63) is 53.5 Å². The molecular weight excluding hydrogens is 418 g/mol. The number of benzene rings is 1. The van der Waals surface area contributed by atoms with Gasteiger partial charge in [0.15, 0.2) is 6.23 Å². The molecule has 1 aliphatic carbocycles. The molecule has 1 saturated heterocycles. The van der Waals surface area contributed by atoms with Gasteiger partial charge in [-0.15, -0.1) is 0 Å². The number of carbonyl (C=O) groups is 1. The number of nitrogens with zero attached hydrogens (tertiary/aromatic N) is 2. The van der Waals surface area contributed by atoms with Gasteiger partial charge in [0.25, 0.3) is 0 Å². The van der Waals surface area contributed by atoms with Gasteiger partial charge < -0.3 is 25.2 Å². The number of para-hydroxylation sites is 1. The Hall–Kier alpha value is -2.68. The van der Waals surface area contributed by atoms with E-state index in [2.05, 4.69) is 28.4 Å². The number of piperidine rings is 1. The average molecular weight is 452 g/mol. The summed E-state index contributed by atoms with van der Waals surface area (Å²) < 4.78 is 5.35. The number of nitrogens with one attached hydrogen (secondary N) is 2. The molecule has 2 unspecified atom stereocenters. The molecule has 8 heteroatoms. The summed E-state index contributed by atoms with van der Waals surface area (Å²) in [6.07, 6.45) is 5.64. The number of carbonyl (C=O) groups excluding carboxylic acids is 1. The van der Waals surface area contributed by atoms with E-state index >= 15 is 0 Å². The molecule has 1 amide bonds. The highest BCUT2D eigenvalue weighted by Crippen LogP contribution is 2.40. The van der Waals surface area contributed by atoms with E-state index in [4.69, 9.17) is 10.3 Å². The van der Waals surface area contributed by atoms with Gasteiger partial charge in [-0.25, -0.2) is 0 Å². The molecule has 33 heavy (non-hydrogen) atoms. The number of likely N-dealkylation sites (tertiary alicyclic amines) is 1. The Kier molecular flexibility index (Phi) is 6.23. The molecule has 8 nitrogen and oxygen atoms in total. The fourth-order valence-corrected chi connectivity index (χ4v) is 4.94. The molecule has 0 radical (unpaired) electrons. The highest BCUT2D eigenvalue weighted by molar-refractivity contribution is 5.86. The number of aliphatic hydroxyl groups is 1. The fraction of sp³-hybridized carbons (Fsp3) is 0.520. The highest BCUT2D eigenvalue weighted by atomic mass is 16.5. The summed E-state index contributed by atoms with van der Waals surface area (Å²) in [5.74, 6) is 1.72. The molecule has 0 bridgehead atoms. The van der Waals surface area contributed by atoms with E-state index in [0.29, 0.717) is 37.0 Å². The number of aliphatic hydroxyl groups excluding tert-OH is 1. The number of hydrogen-bond donors (Lipinski definition) is 4. The first-order chi connectivity index (χ1) is 16.0. The van der Waals surface area contributed by atoms with Gasteiger partial charge in [0.1, 0.15) is 11.5 Å². The summed E-state index contributed by atoms with van der Waals surface area (Å²) in [5, 5.41) is 18.9. The van der Waals surface area contributed by atoms with Gasteiger partial charge in [-0.2, -0.15) is 0 Å². The predicted octanol–water partition coefficient (Wildman–Crippen LogP) is 2.81. The van der Waals surface area contributed by atoms with E-state index in [1.165, 1.54) is 0 Å². The van der Waals surface area contributed by atoms with E-state index in [-0.39, 0.29) is 11.9 Å². The summed E-state index contributed by atoms with van der Waals surface area (Å²) >= 11 is 0. The monoisotopic (exact) mass is 451 g/mol. The lowest BCUT2D eigenvalue weighted by Crippen LogP contribution is -2.50. The van der Waals surface area contributed by atoms with Crippen LogP contribution in [0.4, 0.5) is 0 Å². The van der Waals surface area contributed by atoms with Crippen LogP contribution >= 0.6 is 0 Å². The molecule has 3 aromatic rings. The van der Waals surface area contributed by atoms with Crippen molar-refractivity contribution < 1.29 is 14.4 Å². The quantitative estimate of drug-likeness (QED) is 0.391. The first-order valence-corrected chi connectivity index (χ1v) is 12.0. The zero-order valence-electron chi connectivity index (χ0n) is 19.0. The molecular formula is C25H33N5O3. The number of amides is 1. The van der Waals surface area contributed by atoms with Crippen molar-refractivity contribution in [3.63, 3.8) is 0 Å². The zero-order valence-corrected chi connectivity index (χ0v) is 19.0. The Morgan fingerprint density at radius 3 is 2.82 bits per heavy atom. The van der Waals surface area contributed by atoms with Gasteiger partial charge in [0.05, 0.1) is 6.04 Å². The molecule has 2 fully saturated rings. The lowest BCUT2D eigenvalue weighted by molar-refractivity contribution is -0.134. The van der Waals surface area contributed by atoms with Crippen LogP contribution in [0.2, 0.25) is 0 Å². The van der Waals surface area contributed by atoms with Crippen LogP contribution in [0.1, 0.15) is 61.8 Å². The van der Waals surface area contributed by atoms with Gasteiger partial charge in [-0.3, -0.25) is 10.1 Å². The average Bonchev–Trinajstić information content (AvgIpc) is 3.42. The first kappa shape index (κ1) is 22.1. The van der Waals surface area contributed by atoms with E-state index < -0.39 is 12.3 Å². The maximum atomic E-state index is 13.0. The molecule has 1 aromatic carbocycles. The van der Waals surface area contributed by atoms with Gasteiger partial charge in [-0.05, 0) is 56.6 Å². The van der Waals surface area contributed by atoms with E-state index in [1.807, 2.05) is 35.4 Å². The molecule has 3 heterocycles. The SMILES string of the molecule is CC(NC(O)c1cc(C2CC2)on1)C1CCN(C(=O)[C@@H](N)Cc2c[nH]c3ccccc23)CC1. The highest BCUT2D eigenvalue weighted by Gasteiger charge is 2.32. The summed E-state index contributed by atoms with van der Waals surface area (Å²) in [4.78, 5) is 18.1. The zero-order chi connectivity index (χ0) is 22.9.